The molecule has 37 heavy (non-hydrogen) atoms. The summed E-state index contributed by atoms with van der Waals surface area (Å²) in [4.78, 5) is 22.3. The van der Waals surface area contributed by atoms with Gasteiger partial charge in [-0.05, 0) is 36.8 Å². The molecule has 0 atom stereocenters. The van der Waals surface area contributed by atoms with E-state index in [1.54, 1.807) is 6.20 Å². The molecule has 1 saturated heterocycles. The van der Waals surface area contributed by atoms with E-state index in [4.69, 9.17) is 4.74 Å². The lowest BCUT2D eigenvalue weighted by Crippen LogP contribution is -2.44. The highest BCUT2D eigenvalue weighted by atomic mass is 32.2. The second-order valence-electron chi connectivity index (χ2n) is 10.9. The number of amides is 1. The molecule has 1 saturated carbocycles. The summed E-state index contributed by atoms with van der Waals surface area (Å²) >= 11 is 0. The van der Waals surface area contributed by atoms with Crippen LogP contribution in [-0.2, 0) is 38.2 Å². The molecule has 1 aromatic heterocycles. The lowest BCUT2D eigenvalue weighted by Gasteiger charge is -2.31. The van der Waals surface area contributed by atoms with Crippen molar-refractivity contribution in [3.05, 3.63) is 47.3 Å². The second kappa shape index (κ2) is 12.5. The number of morpholine rings is 1. The van der Waals surface area contributed by atoms with Crippen molar-refractivity contribution in [2.75, 3.05) is 39.4 Å². The van der Waals surface area contributed by atoms with Crippen molar-refractivity contribution < 1.29 is 17.9 Å². The van der Waals surface area contributed by atoms with E-state index in [-0.39, 0.29) is 28.7 Å². The van der Waals surface area contributed by atoms with Crippen LogP contribution in [0.4, 0.5) is 0 Å². The molecule has 0 bridgehead atoms. The van der Waals surface area contributed by atoms with Crippen LogP contribution in [0.15, 0.2) is 35.6 Å². The molecule has 1 aliphatic carbocycles. The SMILES string of the molecule is Cc1ccccc1CS(=O)(=O)c1ncc(CN(CCN2CCOCC2)C(=O)C2CCCC2)n1CC(C)C. The summed E-state index contributed by atoms with van der Waals surface area (Å²) in [5.41, 5.74) is 2.52. The van der Waals surface area contributed by atoms with E-state index in [9.17, 15) is 13.2 Å². The minimum absolute atomic E-state index is 0.0652. The quantitative estimate of drug-likeness (QED) is 0.441. The van der Waals surface area contributed by atoms with Gasteiger partial charge < -0.3 is 14.2 Å². The van der Waals surface area contributed by atoms with Crippen LogP contribution in [0.1, 0.15) is 56.4 Å². The summed E-state index contributed by atoms with van der Waals surface area (Å²) in [6, 6.07) is 7.57. The van der Waals surface area contributed by atoms with Gasteiger partial charge in [-0.2, -0.15) is 0 Å². The zero-order valence-electron chi connectivity index (χ0n) is 22.6. The van der Waals surface area contributed by atoms with E-state index in [1.807, 2.05) is 40.7 Å². The fourth-order valence-corrected chi connectivity index (χ4v) is 6.95. The number of rotatable bonds is 11. The zero-order valence-corrected chi connectivity index (χ0v) is 23.4. The minimum Gasteiger partial charge on any atom is -0.379 e. The Labute approximate surface area is 221 Å². The fraction of sp³-hybridized carbons (Fsp3) is 0.643. The number of carbonyl (C=O) groups is 1. The summed E-state index contributed by atoms with van der Waals surface area (Å²) in [7, 11) is -3.67. The number of sulfone groups is 1. The van der Waals surface area contributed by atoms with Crippen molar-refractivity contribution >= 4 is 15.7 Å². The predicted octanol–water partition coefficient (Wildman–Crippen LogP) is 3.67. The van der Waals surface area contributed by atoms with Crippen molar-refractivity contribution in [2.24, 2.45) is 11.8 Å². The number of imidazole rings is 1. The number of hydrogen-bond acceptors (Lipinski definition) is 6. The lowest BCUT2D eigenvalue weighted by molar-refractivity contribution is -0.136. The summed E-state index contributed by atoms with van der Waals surface area (Å²) in [5, 5.41) is 0.0981. The van der Waals surface area contributed by atoms with Crippen LogP contribution >= 0.6 is 0 Å². The largest absolute Gasteiger partial charge is 0.379 e. The Balaban J connectivity index is 1.59. The van der Waals surface area contributed by atoms with Crippen LogP contribution in [-0.4, -0.2) is 73.1 Å². The van der Waals surface area contributed by atoms with Gasteiger partial charge in [0.05, 0.1) is 37.4 Å². The Morgan fingerprint density at radius 2 is 1.86 bits per heavy atom. The van der Waals surface area contributed by atoms with E-state index >= 15 is 0 Å². The first-order chi connectivity index (χ1) is 17.7. The average molecular weight is 531 g/mol. The van der Waals surface area contributed by atoms with E-state index in [1.165, 1.54) is 0 Å². The summed E-state index contributed by atoms with van der Waals surface area (Å²) < 4.78 is 34.4. The fourth-order valence-electron chi connectivity index (χ4n) is 5.35. The Morgan fingerprint density at radius 3 is 2.54 bits per heavy atom. The number of hydrogen-bond donors (Lipinski definition) is 0. The highest BCUT2D eigenvalue weighted by Gasteiger charge is 2.30. The third-order valence-corrected chi connectivity index (χ3v) is 9.07. The molecule has 2 heterocycles. The molecule has 1 aliphatic heterocycles. The molecule has 1 amide bonds. The molecule has 8 nitrogen and oxygen atoms in total. The van der Waals surface area contributed by atoms with Crippen molar-refractivity contribution in [3.63, 3.8) is 0 Å². The third kappa shape index (κ3) is 7.21. The van der Waals surface area contributed by atoms with Gasteiger partial charge in [-0.1, -0.05) is 51.0 Å². The van der Waals surface area contributed by atoms with Crippen molar-refractivity contribution in [2.45, 2.75) is 70.5 Å². The standard InChI is InChI=1S/C28H42N4O4S/c1-22(2)19-32-26(18-29-28(32)37(34,35)21-25-11-5-4-8-23(25)3)20-31(27(33)24-9-6-7-10-24)13-12-30-14-16-36-17-15-30/h4-5,8,11,18,22,24H,6-7,9-10,12-17,19-21H2,1-3H3. The Hall–Kier alpha value is -2.23. The zero-order chi connectivity index (χ0) is 26.4. The molecule has 2 fully saturated rings. The van der Waals surface area contributed by atoms with Gasteiger partial charge in [0.2, 0.25) is 20.9 Å². The van der Waals surface area contributed by atoms with Gasteiger partial charge in [0, 0.05) is 38.6 Å². The Bertz CT molecular complexity index is 1150. The maximum absolute atomic E-state index is 13.6. The summed E-state index contributed by atoms with van der Waals surface area (Å²) in [6.07, 6.45) is 5.74. The van der Waals surface area contributed by atoms with Gasteiger partial charge in [0.25, 0.3) is 0 Å². The second-order valence-corrected chi connectivity index (χ2v) is 12.8. The molecule has 2 aromatic rings. The topological polar surface area (TPSA) is 84.7 Å². The maximum atomic E-state index is 13.6. The molecular formula is C28H42N4O4S. The maximum Gasteiger partial charge on any atom is 0.228 e. The van der Waals surface area contributed by atoms with Crippen molar-refractivity contribution in [1.82, 2.24) is 19.4 Å². The van der Waals surface area contributed by atoms with E-state index in [0.717, 1.165) is 75.4 Å². The normalized spacial score (nSPS) is 17.5. The smallest absolute Gasteiger partial charge is 0.228 e. The van der Waals surface area contributed by atoms with Crippen molar-refractivity contribution in [1.29, 1.82) is 0 Å². The molecule has 0 N–H and O–H groups in total. The number of benzene rings is 1. The van der Waals surface area contributed by atoms with Crippen LogP contribution in [0.25, 0.3) is 0 Å². The summed E-state index contributed by atoms with van der Waals surface area (Å²) in [6.45, 7) is 11.6. The molecule has 1 aromatic carbocycles. The molecular weight excluding hydrogens is 488 g/mol. The van der Waals surface area contributed by atoms with Gasteiger partial charge in [-0.3, -0.25) is 9.69 Å². The minimum atomic E-state index is -3.67. The molecule has 0 unspecified atom stereocenters. The van der Waals surface area contributed by atoms with E-state index < -0.39 is 9.84 Å². The van der Waals surface area contributed by atoms with Gasteiger partial charge in [-0.25, -0.2) is 13.4 Å². The van der Waals surface area contributed by atoms with Crippen LogP contribution in [0.5, 0.6) is 0 Å². The molecule has 9 heteroatoms. The first kappa shape index (κ1) is 27.8. The highest BCUT2D eigenvalue weighted by Crippen LogP contribution is 2.28. The number of aromatic nitrogens is 2. The number of nitrogens with zero attached hydrogens (tertiary/aromatic N) is 4. The average Bonchev–Trinajstić information content (AvgIpc) is 3.54. The molecule has 4 rings (SSSR count). The predicted molar refractivity (Wildman–Crippen MR) is 144 cm³/mol. The molecule has 204 valence electrons. The first-order valence-electron chi connectivity index (χ1n) is 13.6. The van der Waals surface area contributed by atoms with Crippen LogP contribution in [0.3, 0.4) is 0 Å². The van der Waals surface area contributed by atoms with Gasteiger partial charge in [0.15, 0.2) is 0 Å². The molecule has 2 aliphatic rings. The van der Waals surface area contributed by atoms with Gasteiger partial charge >= 0.3 is 0 Å². The van der Waals surface area contributed by atoms with Crippen molar-refractivity contribution in [3.8, 4) is 0 Å². The van der Waals surface area contributed by atoms with Gasteiger partial charge in [-0.15, -0.1) is 0 Å². The monoisotopic (exact) mass is 530 g/mol. The van der Waals surface area contributed by atoms with E-state index in [0.29, 0.717) is 19.6 Å². The number of ether oxygens (including phenoxy) is 1. The first-order valence-corrected chi connectivity index (χ1v) is 15.3. The summed E-state index contributed by atoms with van der Waals surface area (Å²) in [5.74, 6) is 0.395. The number of carbonyl (C=O) groups excluding carboxylic acids is 1. The van der Waals surface area contributed by atoms with E-state index in [2.05, 4.69) is 23.7 Å². The Morgan fingerprint density at radius 1 is 1.16 bits per heavy atom. The van der Waals surface area contributed by atoms with Gasteiger partial charge in [0.1, 0.15) is 0 Å². The highest BCUT2D eigenvalue weighted by molar-refractivity contribution is 7.90. The third-order valence-electron chi connectivity index (χ3n) is 7.49. The Kier molecular flexibility index (Phi) is 9.42. The van der Waals surface area contributed by atoms with Crippen LogP contribution < -0.4 is 0 Å². The lowest BCUT2D eigenvalue weighted by atomic mass is 10.1. The van der Waals surface area contributed by atoms with Crippen LogP contribution in [0, 0.1) is 18.8 Å². The number of aryl methyl sites for hydroxylation is 1. The molecule has 0 radical (unpaired) electrons. The molecule has 0 spiro atoms. The van der Waals surface area contributed by atoms with Crippen LogP contribution in [0.2, 0.25) is 0 Å².